The molecule has 186 valence electrons. The molecule has 0 aliphatic heterocycles. The van der Waals surface area contributed by atoms with E-state index >= 15 is 0 Å². The Morgan fingerprint density at radius 1 is 1.03 bits per heavy atom. The fourth-order valence-electron chi connectivity index (χ4n) is 5.11. The van der Waals surface area contributed by atoms with Gasteiger partial charge in [0.25, 0.3) is 5.91 Å². The number of imidazole rings is 1. The number of aromatic nitrogens is 2. The molecule has 7 nitrogen and oxygen atoms in total. The molecule has 7 heteroatoms. The third-order valence-electron chi connectivity index (χ3n) is 6.97. The van der Waals surface area contributed by atoms with Crippen LogP contribution >= 0.6 is 0 Å². The fourth-order valence-corrected chi connectivity index (χ4v) is 5.11. The second kappa shape index (κ2) is 10.4. The molecule has 4 aromatic rings. The highest BCUT2D eigenvalue weighted by molar-refractivity contribution is 6.02. The maximum Gasteiger partial charge on any atom is 0.251 e. The SMILES string of the molecule is Cc1ccc([C@@H](C(=O)NC2CCCCC2)N(C(=O)Cn2cnc3ccccc32)c2ccccc2C)o1. The highest BCUT2D eigenvalue weighted by Crippen LogP contribution is 2.32. The number of rotatable bonds is 7. The van der Waals surface area contributed by atoms with Crippen molar-refractivity contribution in [2.45, 2.75) is 64.6 Å². The molecular formula is C29H32N4O3. The van der Waals surface area contributed by atoms with Crippen LogP contribution in [0.4, 0.5) is 5.69 Å². The topological polar surface area (TPSA) is 80.4 Å². The van der Waals surface area contributed by atoms with Gasteiger partial charge in [0, 0.05) is 11.7 Å². The van der Waals surface area contributed by atoms with Crippen LogP contribution in [0, 0.1) is 13.8 Å². The first-order valence-electron chi connectivity index (χ1n) is 12.7. The van der Waals surface area contributed by atoms with E-state index < -0.39 is 6.04 Å². The average Bonchev–Trinajstić information content (AvgIpc) is 3.49. The molecule has 1 atom stereocenters. The molecule has 0 spiro atoms. The van der Waals surface area contributed by atoms with Crippen molar-refractivity contribution in [3.63, 3.8) is 0 Å². The number of aryl methyl sites for hydroxylation is 2. The van der Waals surface area contributed by atoms with Gasteiger partial charge in [0.2, 0.25) is 5.91 Å². The standard InChI is InChI=1S/C29H32N4O3/c1-20-10-6-8-14-24(20)33(27(34)18-32-19-30-23-13-7-9-15-25(23)32)28(26-17-16-21(2)36-26)29(35)31-22-11-4-3-5-12-22/h6-10,13-17,19,22,28H,3-5,11-12,18H2,1-2H3,(H,31,35)/t28-/m0/s1. The van der Waals surface area contributed by atoms with Crippen molar-refractivity contribution in [2.75, 3.05) is 4.90 Å². The Balaban J connectivity index is 1.55. The Bertz CT molecular complexity index is 1370. The molecule has 2 heterocycles. The van der Waals surface area contributed by atoms with Gasteiger partial charge in [-0.1, -0.05) is 49.6 Å². The van der Waals surface area contributed by atoms with Crippen LogP contribution in [-0.4, -0.2) is 27.4 Å². The molecule has 0 saturated heterocycles. The Kier molecular flexibility index (Phi) is 6.89. The highest BCUT2D eigenvalue weighted by atomic mass is 16.3. The summed E-state index contributed by atoms with van der Waals surface area (Å²) in [5.74, 6) is 0.708. The van der Waals surface area contributed by atoms with Gasteiger partial charge < -0.3 is 14.3 Å². The molecule has 2 aromatic carbocycles. The van der Waals surface area contributed by atoms with Crippen LogP contribution in [0.5, 0.6) is 0 Å². The first-order valence-corrected chi connectivity index (χ1v) is 12.7. The largest absolute Gasteiger partial charge is 0.464 e. The van der Waals surface area contributed by atoms with Crippen molar-refractivity contribution >= 4 is 28.5 Å². The third kappa shape index (κ3) is 4.91. The second-order valence-corrected chi connectivity index (χ2v) is 9.61. The number of hydrogen-bond donors (Lipinski definition) is 1. The lowest BCUT2D eigenvalue weighted by Crippen LogP contribution is -2.48. The molecule has 1 saturated carbocycles. The number of fused-ring (bicyclic) bond motifs is 1. The predicted molar refractivity (Wildman–Crippen MR) is 140 cm³/mol. The molecule has 36 heavy (non-hydrogen) atoms. The minimum atomic E-state index is -0.927. The van der Waals surface area contributed by atoms with Crippen molar-refractivity contribution in [3.05, 3.63) is 84.1 Å². The number of hydrogen-bond acceptors (Lipinski definition) is 4. The van der Waals surface area contributed by atoms with E-state index in [0.29, 0.717) is 17.2 Å². The molecular weight excluding hydrogens is 452 g/mol. The molecule has 0 radical (unpaired) electrons. The number of carbonyl (C=O) groups is 2. The van der Waals surface area contributed by atoms with E-state index in [1.54, 1.807) is 17.3 Å². The summed E-state index contributed by atoms with van der Waals surface area (Å²) in [4.78, 5) is 34.0. The van der Waals surface area contributed by atoms with Crippen molar-refractivity contribution in [2.24, 2.45) is 0 Å². The van der Waals surface area contributed by atoms with Gasteiger partial charge in [0.1, 0.15) is 18.1 Å². The van der Waals surface area contributed by atoms with Crippen molar-refractivity contribution < 1.29 is 14.0 Å². The van der Waals surface area contributed by atoms with E-state index in [9.17, 15) is 9.59 Å². The van der Waals surface area contributed by atoms with Crippen molar-refractivity contribution in [1.29, 1.82) is 0 Å². The molecule has 0 bridgehead atoms. The third-order valence-corrected chi connectivity index (χ3v) is 6.97. The van der Waals surface area contributed by atoms with Gasteiger partial charge in [-0.2, -0.15) is 0 Å². The van der Waals surface area contributed by atoms with Crippen molar-refractivity contribution in [3.8, 4) is 0 Å². The van der Waals surface area contributed by atoms with Gasteiger partial charge in [-0.3, -0.25) is 14.5 Å². The van der Waals surface area contributed by atoms with Gasteiger partial charge in [-0.25, -0.2) is 4.98 Å². The Morgan fingerprint density at radius 3 is 2.53 bits per heavy atom. The molecule has 0 unspecified atom stereocenters. The van der Waals surface area contributed by atoms with Gasteiger partial charge in [0.15, 0.2) is 6.04 Å². The lowest BCUT2D eigenvalue weighted by atomic mass is 9.95. The first-order chi connectivity index (χ1) is 17.5. The number of para-hydroxylation sites is 3. The molecule has 1 N–H and O–H groups in total. The maximum absolute atomic E-state index is 14.1. The summed E-state index contributed by atoms with van der Waals surface area (Å²) in [5, 5.41) is 3.23. The zero-order valence-corrected chi connectivity index (χ0v) is 20.8. The minimum Gasteiger partial charge on any atom is -0.464 e. The van der Waals surface area contributed by atoms with Crippen LogP contribution in [0.1, 0.15) is 55.2 Å². The number of nitrogens with one attached hydrogen (secondary N) is 1. The summed E-state index contributed by atoms with van der Waals surface area (Å²) in [6.07, 6.45) is 6.98. The number of nitrogens with zero attached hydrogens (tertiary/aromatic N) is 3. The van der Waals surface area contributed by atoms with Gasteiger partial charge in [-0.05, 0) is 62.6 Å². The summed E-state index contributed by atoms with van der Waals surface area (Å²) in [6.45, 7) is 3.84. The Hall–Kier alpha value is -3.87. The smallest absolute Gasteiger partial charge is 0.251 e. The average molecular weight is 485 g/mol. The van der Waals surface area contributed by atoms with Crippen LogP contribution in [0.3, 0.4) is 0 Å². The van der Waals surface area contributed by atoms with E-state index in [1.165, 1.54) is 6.42 Å². The van der Waals surface area contributed by atoms with Crippen LogP contribution < -0.4 is 10.2 Å². The molecule has 5 rings (SSSR count). The van der Waals surface area contributed by atoms with Gasteiger partial charge >= 0.3 is 0 Å². The zero-order valence-electron chi connectivity index (χ0n) is 20.8. The number of amides is 2. The lowest BCUT2D eigenvalue weighted by Gasteiger charge is -2.33. The number of anilines is 1. The Morgan fingerprint density at radius 2 is 1.78 bits per heavy atom. The quantitative estimate of drug-likeness (QED) is 0.377. The molecule has 2 amide bonds. The van der Waals surface area contributed by atoms with Crippen molar-refractivity contribution in [1.82, 2.24) is 14.9 Å². The van der Waals surface area contributed by atoms with E-state index in [-0.39, 0.29) is 24.4 Å². The van der Waals surface area contributed by atoms with E-state index in [0.717, 1.165) is 42.3 Å². The first kappa shape index (κ1) is 23.9. The highest BCUT2D eigenvalue weighted by Gasteiger charge is 2.37. The summed E-state index contributed by atoms with van der Waals surface area (Å²) < 4.78 is 7.81. The summed E-state index contributed by atoms with van der Waals surface area (Å²) in [7, 11) is 0. The second-order valence-electron chi connectivity index (χ2n) is 9.61. The summed E-state index contributed by atoms with van der Waals surface area (Å²) >= 11 is 0. The van der Waals surface area contributed by atoms with E-state index in [2.05, 4.69) is 10.3 Å². The minimum absolute atomic E-state index is 0.0434. The van der Waals surface area contributed by atoms with Crippen LogP contribution in [0.15, 0.2) is 71.4 Å². The van der Waals surface area contributed by atoms with E-state index in [4.69, 9.17) is 4.42 Å². The Labute approximate surface area is 211 Å². The monoisotopic (exact) mass is 484 g/mol. The van der Waals surface area contributed by atoms with Crippen LogP contribution in [-0.2, 0) is 16.1 Å². The number of carbonyl (C=O) groups excluding carboxylic acids is 2. The zero-order chi connectivity index (χ0) is 25.1. The molecule has 1 aliphatic carbocycles. The van der Waals surface area contributed by atoms with Crippen LogP contribution in [0.25, 0.3) is 11.0 Å². The normalized spacial score (nSPS) is 15.1. The molecule has 1 aliphatic rings. The van der Waals surface area contributed by atoms with Crippen LogP contribution in [0.2, 0.25) is 0 Å². The number of furan rings is 1. The molecule has 1 fully saturated rings. The predicted octanol–water partition coefficient (Wildman–Crippen LogP) is 5.47. The van der Waals surface area contributed by atoms with Gasteiger partial charge in [-0.15, -0.1) is 0 Å². The van der Waals surface area contributed by atoms with E-state index in [1.807, 2.05) is 73.0 Å². The lowest BCUT2D eigenvalue weighted by molar-refractivity contribution is -0.127. The molecule has 2 aromatic heterocycles. The maximum atomic E-state index is 14.1. The van der Waals surface area contributed by atoms with Gasteiger partial charge in [0.05, 0.1) is 17.4 Å². The summed E-state index contributed by atoms with van der Waals surface area (Å²) in [6, 6.07) is 18.2. The fraction of sp³-hybridized carbons (Fsp3) is 0.345. The summed E-state index contributed by atoms with van der Waals surface area (Å²) in [5.41, 5.74) is 3.28. The number of benzene rings is 2.